The highest BCUT2D eigenvalue weighted by atomic mass is 16.6. The van der Waals surface area contributed by atoms with Crippen molar-refractivity contribution in [3.63, 3.8) is 0 Å². The van der Waals surface area contributed by atoms with Gasteiger partial charge in [0.15, 0.2) is 0 Å². The van der Waals surface area contributed by atoms with Crippen LogP contribution >= 0.6 is 0 Å². The first-order valence-corrected chi connectivity index (χ1v) is 6.32. The minimum Gasteiger partial charge on any atom is -0.443 e. The van der Waals surface area contributed by atoms with E-state index in [1.807, 2.05) is 20.8 Å². The summed E-state index contributed by atoms with van der Waals surface area (Å²) in [6.07, 6.45) is 4.54. The fourth-order valence-electron chi connectivity index (χ4n) is 2.44. The van der Waals surface area contributed by atoms with E-state index in [4.69, 9.17) is 9.47 Å². The summed E-state index contributed by atoms with van der Waals surface area (Å²) < 4.78 is 10.9. The molecule has 0 aromatic rings. The molecule has 0 spiro atoms. The SMILES string of the molecule is CC(C)(C)OC(=O)NNC1C[C@H]2CC[C@@H](C1)O2. The van der Waals surface area contributed by atoms with Gasteiger partial charge in [-0.25, -0.2) is 10.2 Å². The topological polar surface area (TPSA) is 59.6 Å². The van der Waals surface area contributed by atoms with Crippen molar-refractivity contribution in [1.29, 1.82) is 0 Å². The Morgan fingerprint density at radius 1 is 1.24 bits per heavy atom. The molecule has 0 aromatic heterocycles. The highest BCUT2D eigenvalue weighted by Crippen LogP contribution is 2.32. The lowest BCUT2D eigenvalue weighted by Crippen LogP contribution is -2.49. The summed E-state index contributed by atoms with van der Waals surface area (Å²) in [5, 5.41) is 0. The summed E-state index contributed by atoms with van der Waals surface area (Å²) >= 11 is 0. The van der Waals surface area contributed by atoms with E-state index in [0.717, 1.165) is 25.7 Å². The summed E-state index contributed by atoms with van der Waals surface area (Å²) in [7, 11) is 0. The Morgan fingerprint density at radius 2 is 1.82 bits per heavy atom. The maximum Gasteiger partial charge on any atom is 0.422 e. The Bertz CT molecular complexity index is 276. The van der Waals surface area contributed by atoms with Crippen molar-refractivity contribution >= 4 is 6.09 Å². The normalized spacial score (nSPS) is 32.3. The average Bonchev–Trinajstić information content (AvgIpc) is 2.53. The van der Waals surface area contributed by atoms with Crippen molar-refractivity contribution < 1.29 is 14.3 Å². The number of ether oxygens (including phenoxy) is 2. The van der Waals surface area contributed by atoms with Gasteiger partial charge in [0.05, 0.1) is 12.2 Å². The van der Waals surface area contributed by atoms with E-state index in [9.17, 15) is 4.79 Å². The van der Waals surface area contributed by atoms with Crippen LogP contribution in [-0.2, 0) is 9.47 Å². The monoisotopic (exact) mass is 242 g/mol. The van der Waals surface area contributed by atoms with Crippen LogP contribution in [0.1, 0.15) is 46.5 Å². The lowest BCUT2D eigenvalue weighted by Gasteiger charge is -2.29. The second kappa shape index (κ2) is 4.82. The van der Waals surface area contributed by atoms with Gasteiger partial charge in [-0.3, -0.25) is 5.43 Å². The molecule has 17 heavy (non-hydrogen) atoms. The third-order valence-corrected chi connectivity index (χ3v) is 3.07. The third kappa shape index (κ3) is 3.85. The first-order valence-electron chi connectivity index (χ1n) is 6.32. The molecule has 5 nitrogen and oxygen atoms in total. The van der Waals surface area contributed by atoms with Crippen LogP contribution in [0.25, 0.3) is 0 Å². The minimum absolute atomic E-state index is 0.300. The van der Waals surface area contributed by atoms with E-state index >= 15 is 0 Å². The zero-order chi connectivity index (χ0) is 12.5. The first kappa shape index (κ1) is 12.6. The van der Waals surface area contributed by atoms with Crippen LogP contribution in [0.2, 0.25) is 0 Å². The third-order valence-electron chi connectivity index (χ3n) is 3.07. The highest BCUT2D eigenvalue weighted by molar-refractivity contribution is 5.67. The maximum atomic E-state index is 11.5. The van der Waals surface area contributed by atoms with Crippen molar-refractivity contribution in [3.8, 4) is 0 Å². The van der Waals surface area contributed by atoms with Gasteiger partial charge in [0.1, 0.15) is 5.60 Å². The Hall–Kier alpha value is -0.810. The molecule has 0 radical (unpaired) electrons. The van der Waals surface area contributed by atoms with Crippen LogP contribution in [0.3, 0.4) is 0 Å². The van der Waals surface area contributed by atoms with Gasteiger partial charge in [-0.1, -0.05) is 0 Å². The second-order valence-electron chi connectivity index (χ2n) is 5.90. The number of hydrogen-bond acceptors (Lipinski definition) is 4. The van der Waals surface area contributed by atoms with Gasteiger partial charge in [-0.2, -0.15) is 0 Å². The van der Waals surface area contributed by atoms with E-state index in [1.54, 1.807) is 0 Å². The number of rotatable bonds is 2. The molecule has 98 valence electrons. The van der Waals surface area contributed by atoms with Gasteiger partial charge >= 0.3 is 6.09 Å². The van der Waals surface area contributed by atoms with E-state index in [-0.39, 0.29) is 0 Å². The summed E-state index contributed by atoms with van der Waals surface area (Å²) in [5.41, 5.74) is 5.19. The minimum atomic E-state index is -0.458. The fourth-order valence-corrected chi connectivity index (χ4v) is 2.44. The van der Waals surface area contributed by atoms with Crippen molar-refractivity contribution in [2.24, 2.45) is 0 Å². The molecule has 5 heteroatoms. The molecule has 1 amide bonds. The Balaban J connectivity index is 1.70. The maximum absolute atomic E-state index is 11.5. The summed E-state index contributed by atoms with van der Waals surface area (Å²) in [6, 6.07) is 0.300. The molecule has 2 aliphatic rings. The lowest BCUT2D eigenvalue weighted by atomic mass is 10.1. The molecule has 0 saturated carbocycles. The van der Waals surface area contributed by atoms with Crippen LogP contribution in [0.15, 0.2) is 0 Å². The number of hydrogen-bond donors (Lipinski definition) is 2. The van der Waals surface area contributed by atoms with Crippen LogP contribution < -0.4 is 10.9 Å². The number of hydrazine groups is 1. The molecular formula is C12H22N2O3. The highest BCUT2D eigenvalue weighted by Gasteiger charge is 2.35. The van der Waals surface area contributed by atoms with Crippen molar-refractivity contribution in [1.82, 2.24) is 10.9 Å². The summed E-state index contributed by atoms with van der Waals surface area (Å²) in [6.45, 7) is 5.55. The molecule has 2 rings (SSSR count). The molecule has 2 N–H and O–H groups in total. The molecule has 2 saturated heterocycles. The van der Waals surface area contributed by atoms with E-state index < -0.39 is 11.7 Å². The molecular weight excluding hydrogens is 220 g/mol. The molecule has 0 aromatic carbocycles. The molecule has 0 aliphatic carbocycles. The molecule has 2 fully saturated rings. The number of fused-ring (bicyclic) bond motifs is 2. The second-order valence-corrected chi connectivity index (χ2v) is 5.90. The van der Waals surface area contributed by atoms with E-state index in [0.29, 0.717) is 18.2 Å². The van der Waals surface area contributed by atoms with Crippen molar-refractivity contribution in [2.45, 2.75) is 70.3 Å². The van der Waals surface area contributed by atoms with Crippen molar-refractivity contribution in [2.75, 3.05) is 0 Å². The van der Waals surface area contributed by atoms with Crippen LogP contribution in [0.4, 0.5) is 4.79 Å². The Morgan fingerprint density at radius 3 is 2.35 bits per heavy atom. The molecule has 2 heterocycles. The van der Waals surface area contributed by atoms with E-state index in [2.05, 4.69) is 10.9 Å². The van der Waals surface area contributed by atoms with Gasteiger partial charge in [0.25, 0.3) is 0 Å². The van der Waals surface area contributed by atoms with Gasteiger partial charge in [0.2, 0.25) is 0 Å². The largest absolute Gasteiger partial charge is 0.443 e. The zero-order valence-corrected chi connectivity index (χ0v) is 10.8. The van der Waals surface area contributed by atoms with Gasteiger partial charge in [-0.05, 0) is 46.5 Å². The number of nitrogens with one attached hydrogen (secondary N) is 2. The van der Waals surface area contributed by atoms with Crippen molar-refractivity contribution in [3.05, 3.63) is 0 Å². The molecule has 2 bridgehead atoms. The summed E-state index contributed by atoms with van der Waals surface area (Å²) in [4.78, 5) is 11.5. The average molecular weight is 242 g/mol. The number of carbonyl (C=O) groups excluding carboxylic acids is 1. The molecule has 1 unspecified atom stereocenters. The number of amides is 1. The smallest absolute Gasteiger partial charge is 0.422 e. The predicted molar refractivity (Wildman–Crippen MR) is 63.4 cm³/mol. The molecule has 2 aliphatic heterocycles. The lowest BCUT2D eigenvalue weighted by molar-refractivity contribution is -0.0127. The van der Waals surface area contributed by atoms with Gasteiger partial charge < -0.3 is 9.47 Å². The predicted octanol–water partition coefficient (Wildman–Crippen LogP) is 1.73. The van der Waals surface area contributed by atoms with Crippen LogP contribution in [-0.4, -0.2) is 29.9 Å². The van der Waals surface area contributed by atoms with E-state index in [1.165, 1.54) is 0 Å². The zero-order valence-electron chi connectivity index (χ0n) is 10.8. The van der Waals surface area contributed by atoms with Crippen LogP contribution in [0, 0.1) is 0 Å². The van der Waals surface area contributed by atoms with Gasteiger partial charge in [0, 0.05) is 6.04 Å². The Labute approximate surface area is 102 Å². The van der Waals surface area contributed by atoms with Gasteiger partial charge in [-0.15, -0.1) is 0 Å². The first-order chi connectivity index (χ1) is 7.92. The standard InChI is InChI=1S/C12H22N2O3/c1-12(2,3)17-11(15)14-13-8-6-9-4-5-10(7-8)16-9/h8-10,13H,4-7H2,1-3H3,(H,14,15)/t8?,9-,10+. The number of carbonyl (C=O) groups is 1. The summed E-state index contributed by atoms with van der Waals surface area (Å²) in [5.74, 6) is 0. The fraction of sp³-hybridized carbons (Fsp3) is 0.917. The quantitative estimate of drug-likeness (QED) is 0.724. The Kier molecular flexibility index (Phi) is 3.58. The molecule has 3 atom stereocenters. The van der Waals surface area contributed by atoms with Crippen LogP contribution in [0.5, 0.6) is 0 Å².